The molecular weight excluding hydrogens is 308 g/mol. The van der Waals surface area contributed by atoms with E-state index in [9.17, 15) is 8.42 Å². The minimum absolute atomic E-state index is 0.00927. The van der Waals surface area contributed by atoms with Crippen molar-refractivity contribution in [3.05, 3.63) is 28.8 Å². The fraction of sp³-hybridized carbons (Fsp3) is 0.600. The van der Waals surface area contributed by atoms with Crippen LogP contribution in [-0.2, 0) is 16.6 Å². The van der Waals surface area contributed by atoms with Crippen molar-refractivity contribution in [2.45, 2.75) is 56.1 Å². The van der Waals surface area contributed by atoms with Crippen LogP contribution in [0.1, 0.15) is 38.2 Å². The topological polar surface area (TPSA) is 58.2 Å². The molecule has 0 saturated heterocycles. The van der Waals surface area contributed by atoms with E-state index >= 15 is 0 Å². The van der Waals surface area contributed by atoms with E-state index in [4.69, 9.17) is 11.6 Å². The molecule has 2 aliphatic rings. The first-order valence-electron chi connectivity index (χ1n) is 7.50. The molecule has 0 heterocycles. The fourth-order valence-electron chi connectivity index (χ4n) is 2.39. The second-order valence-corrected chi connectivity index (χ2v) is 8.28. The molecule has 116 valence electrons. The molecule has 2 fully saturated rings. The average molecular weight is 329 g/mol. The molecule has 0 radical (unpaired) electrons. The van der Waals surface area contributed by atoms with Gasteiger partial charge >= 0.3 is 0 Å². The van der Waals surface area contributed by atoms with E-state index in [1.54, 1.807) is 18.2 Å². The first kappa shape index (κ1) is 15.3. The molecule has 1 unspecified atom stereocenters. The number of hydrogen-bond donors (Lipinski definition) is 2. The Labute approximate surface area is 131 Å². The van der Waals surface area contributed by atoms with Gasteiger partial charge in [0, 0.05) is 23.7 Å². The highest BCUT2D eigenvalue weighted by Gasteiger charge is 2.31. The number of rotatable bonds is 7. The van der Waals surface area contributed by atoms with Crippen LogP contribution in [0, 0.1) is 5.92 Å². The van der Waals surface area contributed by atoms with E-state index in [1.807, 2.05) is 6.92 Å². The maximum Gasteiger partial charge on any atom is 0.240 e. The number of halogens is 1. The maximum atomic E-state index is 12.3. The van der Waals surface area contributed by atoms with E-state index in [-0.39, 0.29) is 10.9 Å². The molecule has 0 aromatic heterocycles. The molecule has 0 bridgehead atoms. The van der Waals surface area contributed by atoms with Crippen molar-refractivity contribution in [1.82, 2.24) is 10.0 Å². The zero-order chi connectivity index (χ0) is 15.0. The Hall–Kier alpha value is -0.620. The Morgan fingerprint density at radius 2 is 2.00 bits per heavy atom. The third-order valence-corrected chi connectivity index (χ3v) is 6.07. The Bertz CT molecular complexity index is 625. The molecule has 1 aromatic rings. The summed E-state index contributed by atoms with van der Waals surface area (Å²) in [5, 5.41) is 3.88. The summed E-state index contributed by atoms with van der Waals surface area (Å²) >= 11 is 6.22. The van der Waals surface area contributed by atoms with Gasteiger partial charge in [-0.05, 0) is 56.2 Å². The summed E-state index contributed by atoms with van der Waals surface area (Å²) in [5.41, 5.74) is 0.942. The molecule has 1 atom stereocenters. The lowest BCUT2D eigenvalue weighted by atomic mass is 10.2. The lowest BCUT2D eigenvalue weighted by Crippen LogP contribution is -2.34. The van der Waals surface area contributed by atoms with Crippen molar-refractivity contribution in [3.8, 4) is 0 Å². The molecule has 0 amide bonds. The molecule has 2 aliphatic carbocycles. The van der Waals surface area contributed by atoms with E-state index < -0.39 is 10.0 Å². The van der Waals surface area contributed by atoms with Gasteiger partial charge in [-0.2, -0.15) is 0 Å². The van der Waals surface area contributed by atoms with Crippen molar-refractivity contribution in [2.75, 3.05) is 0 Å². The van der Waals surface area contributed by atoms with Crippen LogP contribution in [0.15, 0.2) is 23.1 Å². The standard InChI is InChI=1S/C15H21ClN2O2S/c1-10(11-2-3-11)18-21(19,20)14-7-4-12(15(16)8-14)9-17-13-5-6-13/h4,7-8,10-11,13,17-18H,2-3,5-6,9H2,1H3. The van der Waals surface area contributed by atoms with Gasteiger partial charge in [-0.1, -0.05) is 17.7 Å². The molecule has 1 aromatic carbocycles. The van der Waals surface area contributed by atoms with Crippen LogP contribution < -0.4 is 10.0 Å². The van der Waals surface area contributed by atoms with E-state index in [0.29, 0.717) is 23.5 Å². The maximum absolute atomic E-state index is 12.3. The van der Waals surface area contributed by atoms with E-state index in [1.165, 1.54) is 12.8 Å². The molecule has 0 spiro atoms. The third kappa shape index (κ3) is 3.97. The summed E-state index contributed by atoms with van der Waals surface area (Å²) in [4.78, 5) is 0.246. The Kier molecular flexibility index (Phi) is 4.28. The lowest BCUT2D eigenvalue weighted by Gasteiger charge is -2.14. The van der Waals surface area contributed by atoms with Crippen LogP contribution in [0.5, 0.6) is 0 Å². The normalized spacial score (nSPS) is 20.5. The van der Waals surface area contributed by atoms with Crippen LogP contribution in [-0.4, -0.2) is 20.5 Å². The van der Waals surface area contributed by atoms with Crippen molar-refractivity contribution >= 4 is 21.6 Å². The average Bonchev–Trinajstić information content (AvgIpc) is 3.27. The summed E-state index contributed by atoms with van der Waals surface area (Å²) in [5.74, 6) is 0.484. The predicted molar refractivity (Wildman–Crippen MR) is 83.8 cm³/mol. The molecule has 6 heteroatoms. The van der Waals surface area contributed by atoms with Crippen molar-refractivity contribution in [2.24, 2.45) is 5.92 Å². The first-order chi connectivity index (χ1) is 9.95. The third-order valence-electron chi connectivity index (χ3n) is 4.16. The van der Waals surface area contributed by atoms with E-state index in [2.05, 4.69) is 10.0 Å². The van der Waals surface area contributed by atoms with Crippen LogP contribution >= 0.6 is 11.6 Å². The van der Waals surface area contributed by atoms with Crippen LogP contribution in [0.2, 0.25) is 5.02 Å². The molecule has 2 saturated carbocycles. The highest BCUT2D eigenvalue weighted by molar-refractivity contribution is 7.89. The van der Waals surface area contributed by atoms with Gasteiger partial charge in [0.15, 0.2) is 0 Å². The van der Waals surface area contributed by atoms with Crippen molar-refractivity contribution in [3.63, 3.8) is 0 Å². The molecule has 2 N–H and O–H groups in total. The smallest absolute Gasteiger partial charge is 0.240 e. The first-order valence-corrected chi connectivity index (χ1v) is 9.36. The Balaban J connectivity index is 1.70. The summed E-state index contributed by atoms with van der Waals surface area (Å²) in [6.45, 7) is 2.61. The zero-order valence-electron chi connectivity index (χ0n) is 12.1. The van der Waals surface area contributed by atoms with Gasteiger partial charge < -0.3 is 5.32 Å². The quantitative estimate of drug-likeness (QED) is 0.809. The van der Waals surface area contributed by atoms with Gasteiger partial charge in [0.05, 0.1) is 4.90 Å². The van der Waals surface area contributed by atoms with Crippen LogP contribution in [0.3, 0.4) is 0 Å². The summed E-state index contributed by atoms with van der Waals surface area (Å²) < 4.78 is 27.4. The molecule has 21 heavy (non-hydrogen) atoms. The lowest BCUT2D eigenvalue weighted by molar-refractivity contribution is 0.538. The van der Waals surface area contributed by atoms with Crippen molar-refractivity contribution in [1.29, 1.82) is 0 Å². The Morgan fingerprint density at radius 1 is 1.29 bits per heavy atom. The summed E-state index contributed by atoms with van der Waals surface area (Å²) in [7, 11) is -3.48. The second kappa shape index (κ2) is 5.88. The van der Waals surface area contributed by atoms with Gasteiger partial charge in [-0.3, -0.25) is 0 Å². The van der Waals surface area contributed by atoms with Gasteiger partial charge in [0.2, 0.25) is 10.0 Å². The molecule has 4 nitrogen and oxygen atoms in total. The van der Waals surface area contributed by atoms with Gasteiger partial charge in [-0.25, -0.2) is 13.1 Å². The summed E-state index contributed by atoms with van der Waals surface area (Å²) in [6, 6.07) is 5.58. The monoisotopic (exact) mass is 328 g/mol. The zero-order valence-corrected chi connectivity index (χ0v) is 13.7. The minimum atomic E-state index is -3.48. The van der Waals surface area contributed by atoms with Crippen molar-refractivity contribution < 1.29 is 8.42 Å². The highest BCUT2D eigenvalue weighted by Crippen LogP contribution is 2.33. The molecule has 3 rings (SSSR count). The number of sulfonamides is 1. The van der Waals surface area contributed by atoms with Crippen LogP contribution in [0.25, 0.3) is 0 Å². The van der Waals surface area contributed by atoms with Gasteiger partial charge in [-0.15, -0.1) is 0 Å². The van der Waals surface area contributed by atoms with E-state index in [0.717, 1.165) is 18.4 Å². The number of benzene rings is 1. The highest BCUT2D eigenvalue weighted by atomic mass is 35.5. The van der Waals surface area contributed by atoms with Gasteiger partial charge in [0.25, 0.3) is 0 Å². The number of nitrogens with one attached hydrogen (secondary N) is 2. The molecular formula is C15H21ClN2O2S. The molecule has 0 aliphatic heterocycles. The SMILES string of the molecule is CC(NS(=O)(=O)c1ccc(CNC2CC2)c(Cl)c1)C1CC1. The minimum Gasteiger partial charge on any atom is -0.310 e. The Morgan fingerprint density at radius 3 is 2.57 bits per heavy atom. The van der Waals surface area contributed by atoms with Gasteiger partial charge in [0.1, 0.15) is 0 Å². The summed E-state index contributed by atoms with van der Waals surface area (Å²) in [6.07, 6.45) is 4.65. The fourth-order valence-corrected chi connectivity index (χ4v) is 4.04. The second-order valence-electron chi connectivity index (χ2n) is 6.16. The van der Waals surface area contributed by atoms with Crippen LogP contribution in [0.4, 0.5) is 0 Å². The largest absolute Gasteiger partial charge is 0.310 e. The number of hydrogen-bond acceptors (Lipinski definition) is 3. The predicted octanol–water partition coefficient (Wildman–Crippen LogP) is 2.67.